The van der Waals surface area contributed by atoms with E-state index in [1.54, 1.807) is 32.1 Å². The lowest BCUT2D eigenvalue weighted by Gasteiger charge is -2.25. The summed E-state index contributed by atoms with van der Waals surface area (Å²) in [6.07, 6.45) is 1.60. The number of anilines is 1. The molecule has 1 aromatic heterocycles. The summed E-state index contributed by atoms with van der Waals surface area (Å²) in [5, 5.41) is 10.6. The van der Waals surface area contributed by atoms with E-state index in [1.165, 1.54) is 23.0 Å². The average Bonchev–Trinajstić information content (AvgIpc) is 3.14. The highest BCUT2D eigenvalue weighted by molar-refractivity contribution is 9.10. The molecule has 0 fully saturated rings. The first-order valence-corrected chi connectivity index (χ1v) is 12.8. The molecule has 0 radical (unpaired) electrons. The minimum absolute atomic E-state index is 0.0780. The minimum atomic E-state index is -0.704. The highest BCUT2D eigenvalue weighted by atomic mass is 79.9. The number of allylic oxidation sites excluding steroid dienone is 1. The van der Waals surface area contributed by atoms with Crippen LogP contribution in [0.3, 0.4) is 0 Å². The number of nitrogens with zero attached hydrogens (tertiary/aromatic N) is 3. The number of thiazole rings is 1. The van der Waals surface area contributed by atoms with E-state index in [1.807, 2.05) is 43.3 Å². The quantitative estimate of drug-likeness (QED) is 0.456. The zero-order valence-electron chi connectivity index (χ0n) is 20.5. The van der Waals surface area contributed by atoms with Gasteiger partial charge in [-0.25, -0.2) is 9.79 Å². The summed E-state index contributed by atoms with van der Waals surface area (Å²) in [4.78, 5) is 33.8. The van der Waals surface area contributed by atoms with Crippen molar-refractivity contribution in [2.75, 3.05) is 32.7 Å². The van der Waals surface area contributed by atoms with Crippen LogP contribution in [-0.4, -0.2) is 43.5 Å². The van der Waals surface area contributed by atoms with Gasteiger partial charge in [-0.3, -0.25) is 9.36 Å². The van der Waals surface area contributed by atoms with Crippen molar-refractivity contribution in [3.63, 3.8) is 0 Å². The average molecular weight is 572 g/mol. The molecule has 10 heteroatoms. The largest absolute Gasteiger partial charge is 0.504 e. The number of aromatic hydroxyl groups is 1. The number of halogens is 1. The molecule has 1 aliphatic rings. The van der Waals surface area contributed by atoms with Crippen LogP contribution in [0, 0.1) is 0 Å². The van der Waals surface area contributed by atoms with Crippen LogP contribution in [0.15, 0.2) is 61.9 Å². The molecule has 2 aromatic carbocycles. The van der Waals surface area contributed by atoms with E-state index in [9.17, 15) is 14.7 Å². The van der Waals surface area contributed by atoms with Gasteiger partial charge < -0.3 is 19.5 Å². The Morgan fingerprint density at radius 1 is 1.28 bits per heavy atom. The second-order valence-electron chi connectivity index (χ2n) is 8.33. The molecule has 1 atom stereocenters. The Labute approximate surface area is 220 Å². The van der Waals surface area contributed by atoms with Gasteiger partial charge in [0.15, 0.2) is 16.3 Å². The third-order valence-corrected chi connectivity index (χ3v) is 7.26. The number of rotatable bonds is 6. The number of carbonyl (C=O) groups excluding carboxylic acids is 1. The molecule has 0 bridgehead atoms. The van der Waals surface area contributed by atoms with Crippen LogP contribution in [-0.2, 0) is 9.53 Å². The van der Waals surface area contributed by atoms with Gasteiger partial charge in [-0.05, 0) is 49.8 Å². The van der Waals surface area contributed by atoms with Crippen LogP contribution in [0.1, 0.15) is 31.0 Å². The Hall–Kier alpha value is -3.37. The Kier molecular flexibility index (Phi) is 7.37. The molecule has 1 N–H and O–H groups in total. The Morgan fingerprint density at radius 2 is 1.97 bits per heavy atom. The summed E-state index contributed by atoms with van der Waals surface area (Å²) in [6.45, 7) is 3.69. The van der Waals surface area contributed by atoms with E-state index in [0.29, 0.717) is 30.6 Å². The summed E-state index contributed by atoms with van der Waals surface area (Å²) in [6, 6.07) is 10.3. The monoisotopic (exact) mass is 571 g/mol. The molecular weight excluding hydrogens is 546 g/mol. The number of esters is 1. The van der Waals surface area contributed by atoms with E-state index >= 15 is 0 Å². The number of fused-ring (bicyclic) bond motifs is 1. The number of methoxy groups -OCH3 is 1. The van der Waals surface area contributed by atoms with Crippen molar-refractivity contribution in [3.8, 4) is 11.5 Å². The number of hydrogen-bond donors (Lipinski definition) is 1. The van der Waals surface area contributed by atoms with Gasteiger partial charge in [0.2, 0.25) is 0 Å². The van der Waals surface area contributed by atoms with Gasteiger partial charge in [-0.1, -0.05) is 39.4 Å². The van der Waals surface area contributed by atoms with Crippen LogP contribution in [0.2, 0.25) is 0 Å². The number of ether oxygens (including phenoxy) is 2. The van der Waals surface area contributed by atoms with E-state index in [4.69, 9.17) is 9.47 Å². The highest BCUT2D eigenvalue weighted by Crippen LogP contribution is 2.34. The standard InChI is InChI=1S/C26H26BrN3O5S/c1-6-35-25(33)21-14(2)28-26-30(22(21)15-7-9-18(10-8-15)29(3)4)24(32)20(36-26)12-16-11-17(27)13-19(34-5)23(16)31/h7-13,22,31H,6H2,1-5H3. The maximum Gasteiger partial charge on any atom is 0.338 e. The maximum atomic E-state index is 13.7. The van der Waals surface area contributed by atoms with Gasteiger partial charge in [0.25, 0.3) is 5.56 Å². The molecule has 0 saturated carbocycles. The lowest BCUT2D eigenvalue weighted by Crippen LogP contribution is -2.39. The molecular formula is C26H26BrN3O5S. The summed E-state index contributed by atoms with van der Waals surface area (Å²) >= 11 is 4.60. The molecule has 0 amide bonds. The SMILES string of the molecule is CCOC(=O)C1=C(C)N=c2sc(=Cc3cc(Br)cc(OC)c3O)c(=O)n2C1c1ccc(N(C)C)cc1. The molecule has 0 aliphatic carbocycles. The lowest BCUT2D eigenvalue weighted by molar-refractivity contribution is -0.139. The lowest BCUT2D eigenvalue weighted by atomic mass is 9.95. The summed E-state index contributed by atoms with van der Waals surface area (Å²) in [5.41, 5.74) is 2.66. The smallest absolute Gasteiger partial charge is 0.338 e. The van der Waals surface area contributed by atoms with Gasteiger partial charge in [-0.2, -0.15) is 0 Å². The zero-order chi connectivity index (χ0) is 26.1. The third-order valence-electron chi connectivity index (χ3n) is 5.82. The second kappa shape index (κ2) is 10.3. The van der Waals surface area contributed by atoms with E-state index in [2.05, 4.69) is 20.9 Å². The van der Waals surface area contributed by atoms with Crippen molar-refractivity contribution >= 4 is 45.0 Å². The molecule has 4 rings (SSSR count). The first-order valence-electron chi connectivity index (χ1n) is 11.2. The fourth-order valence-electron chi connectivity index (χ4n) is 4.06. The molecule has 8 nitrogen and oxygen atoms in total. The van der Waals surface area contributed by atoms with Crippen LogP contribution in [0.25, 0.3) is 6.08 Å². The predicted molar refractivity (Wildman–Crippen MR) is 144 cm³/mol. The number of phenols is 1. The second-order valence-corrected chi connectivity index (χ2v) is 10.3. The molecule has 3 aromatic rings. The molecule has 2 heterocycles. The van der Waals surface area contributed by atoms with Crippen molar-refractivity contribution in [2.24, 2.45) is 4.99 Å². The Bertz CT molecular complexity index is 1540. The fraction of sp³-hybridized carbons (Fsp3) is 0.269. The minimum Gasteiger partial charge on any atom is -0.504 e. The van der Waals surface area contributed by atoms with Crippen molar-refractivity contribution in [3.05, 3.63) is 83.0 Å². The van der Waals surface area contributed by atoms with Crippen LogP contribution < -0.4 is 24.5 Å². The van der Waals surface area contributed by atoms with Crippen molar-refractivity contribution in [1.29, 1.82) is 0 Å². The zero-order valence-corrected chi connectivity index (χ0v) is 22.9. The van der Waals surface area contributed by atoms with E-state index in [0.717, 1.165) is 11.3 Å². The normalized spacial score (nSPS) is 15.4. The Balaban J connectivity index is 1.96. The summed E-state index contributed by atoms with van der Waals surface area (Å²) in [5.74, 6) is -0.308. The van der Waals surface area contributed by atoms with Crippen molar-refractivity contribution in [1.82, 2.24) is 4.57 Å². The maximum absolute atomic E-state index is 13.7. The molecule has 0 spiro atoms. The summed E-state index contributed by atoms with van der Waals surface area (Å²) < 4.78 is 13.1. The number of carbonyl (C=O) groups is 1. The van der Waals surface area contributed by atoms with Crippen LogP contribution in [0.4, 0.5) is 5.69 Å². The fourth-order valence-corrected chi connectivity index (χ4v) is 5.55. The van der Waals surface area contributed by atoms with E-state index in [-0.39, 0.29) is 23.7 Å². The van der Waals surface area contributed by atoms with Crippen molar-refractivity contribution < 1.29 is 19.4 Å². The number of benzene rings is 2. The predicted octanol–water partition coefficient (Wildman–Crippen LogP) is 3.34. The molecule has 0 saturated heterocycles. The first kappa shape index (κ1) is 25.7. The van der Waals surface area contributed by atoms with Gasteiger partial charge in [0.1, 0.15) is 0 Å². The molecule has 1 aliphatic heterocycles. The highest BCUT2D eigenvalue weighted by Gasteiger charge is 2.33. The molecule has 188 valence electrons. The number of phenolic OH excluding ortho intramolecular Hbond substituents is 1. The summed E-state index contributed by atoms with van der Waals surface area (Å²) in [7, 11) is 5.34. The van der Waals surface area contributed by atoms with Crippen LogP contribution in [0.5, 0.6) is 11.5 Å². The van der Waals surface area contributed by atoms with E-state index < -0.39 is 12.0 Å². The first-order chi connectivity index (χ1) is 17.2. The van der Waals surface area contributed by atoms with Gasteiger partial charge in [0, 0.05) is 29.8 Å². The topological polar surface area (TPSA) is 93.4 Å². The molecule has 36 heavy (non-hydrogen) atoms. The number of hydrogen-bond acceptors (Lipinski definition) is 8. The molecule has 1 unspecified atom stereocenters. The van der Waals surface area contributed by atoms with Crippen LogP contribution >= 0.6 is 27.3 Å². The van der Waals surface area contributed by atoms with Gasteiger partial charge in [-0.15, -0.1) is 0 Å². The Morgan fingerprint density at radius 3 is 2.58 bits per heavy atom. The third kappa shape index (κ3) is 4.70. The van der Waals surface area contributed by atoms with Gasteiger partial charge in [0.05, 0.1) is 35.6 Å². The van der Waals surface area contributed by atoms with Gasteiger partial charge >= 0.3 is 5.97 Å². The number of aromatic nitrogens is 1. The van der Waals surface area contributed by atoms with Crippen molar-refractivity contribution in [2.45, 2.75) is 19.9 Å².